The molecule has 1 heterocycles. The fraction of sp³-hybridized carbons (Fsp3) is 0.875. The maximum atomic E-state index is 11.4. The average molecular weight is 267 g/mol. The summed E-state index contributed by atoms with van der Waals surface area (Å²) in [5, 5.41) is 0. The van der Waals surface area contributed by atoms with Crippen LogP contribution < -0.4 is 0 Å². The van der Waals surface area contributed by atoms with Crippen LogP contribution in [0.2, 0.25) is 0 Å². The van der Waals surface area contributed by atoms with E-state index in [1.165, 1.54) is 56.3 Å². The minimum absolute atomic E-state index is 0.0286. The number of hydrogen-bond donors (Lipinski definition) is 0. The van der Waals surface area contributed by atoms with Crippen molar-refractivity contribution in [3.63, 3.8) is 0 Å². The molecule has 1 fully saturated rings. The molecule has 1 rings (SSSR count). The Balaban J connectivity index is 1.86. The Labute approximate surface area is 117 Å². The van der Waals surface area contributed by atoms with E-state index < -0.39 is 0 Å². The Morgan fingerprint density at radius 1 is 0.737 bits per heavy atom. The molecule has 1 saturated heterocycles. The van der Waals surface area contributed by atoms with Crippen LogP contribution in [0.5, 0.6) is 0 Å². The highest BCUT2D eigenvalue weighted by molar-refractivity contribution is 6.01. The van der Waals surface area contributed by atoms with Crippen molar-refractivity contribution in [1.29, 1.82) is 0 Å². The minimum Gasteiger partial charge on any atom is -0.283 e. The zero-order chi connectivity index (χ0) is 13.9. The van der Waals surface area contributed by atoms with Gasteiger partial charge in [-0.1, -0.05) is 64.7 Å². The van der Waals surface area contributed by atoms with Gasteiger partial charge in [0.2, 0.25) is 11.8 Å². The van der Waals surface area contributed by atoms with Crippen LogP contribution in [0.15, 0.2) is 0 Å². The van der Waals surface area contributed by atoms with Gasteiger partial charge in [0.25, 0.3) is 0 Å². The smallest absolute Gasteiger partial charge is 0.229 e. The van der Waals surface area contributed by atoms with E-state index in [0.717, 1.165) is 12.8 Å². The SMILES string of the molecule is CCCCCCCCCCCCN1C(=O)CCC1=O. The summed E-state index contributed by atoms with van der Waals surface area (Å²) in [6.45, 7) is 2.89. The Kier molecular flexibility index (Phi) is 8.52. The number of carbonyl (C=O) groups excluding carboxylic acids is 2. The van der Waals surface area contributed by atoms with Gasteiger partial charge in [-0.05, 0) is 6.42 Å². The van der Waals surface area contributed by atoms with Gasteiger partial charge in [-0.15, -0.1) is 0 Å². The predicted octanol–water partition coefficient (Wildman–Crippen LogP) is 4.06. The first-order chi connectivity index (χ1) is 9.25. The maximum absolute atomic E-state index is 11.4. The molecule has 0 N–H and O–H groups in total. The molecule has 3 nitrogen and oxygen atoms in total. The standard InChI is InChI=1S/C16H29NO2/c1-2-3-4-5-6-7-8-9-10-11-14-17-15(18)12-13-16(17)19/h2-14H2,1H3. The van der Waals surface area contributed by atoms with Crippen molar-refractivity contribution in [2.24, 2.45) is 0 Å². The first-order valence-corrected chi connectivity index (χ1v) is 8.09. The van der Waals surface area contributed by atoms with Gasteiger partial charge in [-0.3, -0.25) is 14.5 Å². The Morgan fingerprint density at radius 3 is 1.63 bits per heavy atom. The van der Waals surface area contributed by atoms with Gasteiger partial charge in [0.15, 0.2) is 0 Å². The molecule has 0 radical (unpaired) electrons. The summed E-state index contributed by atoms with van der Waals surface area (Å²) in [5.41, 5.74) is 0. The molecule has 0 atom stereocenters. The zero-order valence-corrected chi connectivity index (χ0v) is 12.5. The molecule has 2 amide bonds. The van der Waals surface area contributed by atoms with Crippen molar-refractivity contribution < 1.29 is 9.59 Å². The molecule has 19 heavy (non-hydrogen) atoms. The Hall–Kier alpha value is -0.860. The second-order valence-electron chi connectivity index (χ2n) is 5.62. The number of likely N-dealkylation sites (tertiary alicyclic amines) is 1. The van der Waals surface area contributed by atoms with Crippen LogP contribution in [0.4, 0.5) is 0 Å². The van der Waals surface area contributed by atoms with Gasteiger partial charge < -0.3 is 0 Å². The highest BCUT2D eigenvalue weighted by Gasteiger charge is 2.27. The lowest BCUT2D eigenvalue weighted by atomic mass is 10.1. The summed E-state index contributed by atoms with van der Waals surface area (Å²) in [6, 6.07) is 0. The van der Waals surface area contributed by atoms with E-state index in [1.807, 2.05) is 0 Å². The fourth-order valence-electron chi connectivity index (χ4n) is 2.63. The number of unbranched alkanes of at least 4 members (excludes halogenated alkanes) is 9. The third kappa shape index (κ3) is 6.74. The van der Waals surface area contributed by atoms with E-state index in [9.17, 15) is 9.59 Å². The van der Waals surface area contributed by atoms with Crippen molar-refractivity contribution >= 4 is 11.8 Å². The minimum atomic E-state index is 0.0286. The monoisotopic (exact) mass is 267 g/mol. The third-order valence-electron chi connectivity index (χ3n) is 3.89. The number of rotatable bonds is 11. The number of hydrogen-bond acceptors (Lipinski definition) is 2. The lowest BCUT2D eigenvalue weighted by Crippen LogP contribution is -2.29. The van der Waals surface area contributed by atoms with Gasteiger partial charge in [0, 0.05) is 19.4 Å². The summed E-state index contributed by atoms with van der Waals surface area (Å²) >= 11 is 0. The van der Waals surface area contributed by atoms with Gasteiger partial charge in [-0.2, -0.15) is 0 Å². The number of carbonyl (C=O) groups is 2. The molecule has 0 saturated carbocycles. The quantitative estimate of drug-likeness (QED) is 0.418. The van der Waals surface area contributed by atoms with Gasteiger partial charge in [0.05, 0.1) is 0 Å². The summed E-state index contributed by atoms with van der Waals surface area (Å²) in [4.78, 5) is 24.2. The number of nitrogens with zero attached hydrogens (tertiary/aromatic N) is 1. The van der Waals surface area contributed by atoms with Crippen LogP contribution in [0, 0.1) is 0 Å². The van der Waals surface area contributed by atoms with E-state index >= 15 is 0 Å². The molecule has 1 aliphatic rings. The highest BCUT2D eigenvalue weighted by atomic mass is 16.2. The van der Waals surface area contributed by atoms with Crippen molar-refractivity contribution in [3.8, 4) is 0 Å². The molecule has 0 spiro atoms. The Bertz CT molecular complexity index is 260. The number of amides is 2. The number of imide groups is 1. The van der Waals surface area contributed by atoms with Gasteiger partial charge in [0.1, 0.15) is 0 Å². The lowest BCUT2D eigenvalue weighted by molar-refractivity contribution is -0.138. The second kappa shape index (κ2) is 9.99. The molecule has 0 aliphatic carbocycles. The van der Waals surface area contributed by atoms with Gasteiger partial charge >= 0.3 is 0 Å². The summed E-state index contributed by atoms with van der Waals surface area (Å²) < 4.78 is 0. The van der Waals surface area contributed by atoms with E-state index in [4.69, 9.17) is 0 Å². The van der Waals surface area contributed by atoms with Crippen LogP contribution >= 0.6 is 0 Å². The molecule has 0 aromatic carbocycles. The molecular weight excluding hydrogens is 238 g/mol. The first kappa shape index (κ1) is 16.2. The van der Waals surface area contributed by atoms with Crippen molar-refractivity contribution in [1.82, 2.24) is 4.90 Å². The maximum Gasteiger partial charge on any atom is 0.229 e. The van der Waals surface area contributed by atoms with Crippen LogP contribution in [-0.2, 0) is 9.59 Å². The molecule has 0 aromatic rings. The van der Waals surface area contributed by atoms with Crippen LogP contribution in [0.3, 0.4) is 0 Å². The highest BCUT2D eigenvalue weighted by Crippen LogP contribution is 2.14. The fourth-order valence-corrected chi connectivity index (χ4v) is 2.63. The topological polar surface area (TPSA) is 37.4 Å². The van der Waals surface area contributed by atoms with Crippen molar-refractivity contribution in [2.45, 2.75) is 84.0 Å². The van der Waals surface area contributed by atoms with Crippen LogP contribution in [0.1, 0.15) is 84.0 Å². The first-order valence-electron chi connectivity index (χ1n) is 8.09. The van der Waals surface area contributed by atoms with E-state index in [-0.39, 0.29) is 11.8 Å². The normalized spacial score (nSPS) is 15.5. The van der Waals surface area contributed by atoms with E-state index in [1.54, 1.807) is 0 Å². The molecule has 0 bridgehead atoms. The third-order valence-corrected chi connectivity index (χ3v) is 3.89. The molecular formula is C16H29NO2. The zero-order valence-electron chi connectivity index (χ0n) is 12.5. The molecule has 3 heteroatoms. The van der Waals surface area contributed by atoms with Crippen LogP contribution in [0.25, 0.3) is 0 Å². The van der Waals surface area contributed by atoms with Crippen molar-refractivity contribution in [3.05, 3.63) is 0 Å². The van der Waals surface area contributed by atoms with Crippen molar-refractivity contribution in [2.75, 3.05) is 6.54 Å². The largest absolute Gasteiger partial charge is 0.283 e. The average Bonchev–Trinajstić information content (AvgIpc) is 2.72. The molecule has 0 aromatic heterocycles. The summed E-state index contributed by atoms with van der Waals surface area (Å²) in [6.07, 6.45) is 13.7. The van der Waals surface area contributed by atoms with Gasteiger partial charge in [-0.25, -0.2) is 0 Å². The molecule has 110 valence electrons. The molecule has 1 aliphatic heterocycles. The summed E-state index contributed by atoms with van der Waals surface area (Å²) in [5.74, 6) is 0.0573. The van der Waals surface area contributed by atoms with E-state index in [2.05, 4.69) is 6.92 Å². The Morgan fingerprint density at radius 2 is 1.16 bits per heavy atom. The summed E-state index contributed by atoms with van der Waals surface area (Å²) in [7, 11) is 0. The second-order valence-corrected chi connectivity index (χ2v) is 5.62. The van der Waals surface area contributed by atoms with E-state index in [0.29, 0.717) is 19.4 Å². The molecule has 0 unspecified atom stereocenters. The van der Waals surface area contributed by atoms with Crippen LogP contribution in [-0.4, -0.2) is 23.3 Å². The predicted molar refractivity (Wildman–Crippen MR) is 77.8 cm³/mol. The lowest BCUT2D eigenvalue weighted by Gasteiger charge is -2.13.